The molecule has 1 heterocycles. The Morgan fingerprint density at radius 1 is 1.05 bits per heavy atom. The first-order valence-electron chi connectivity index (χ1n) is 14.0. The smallest absolute Gasteiger partial charge is 0.416 e. The van der Waals surface area contributed by atoms with Crippen molar-refractivity contribution in [2.24, 2.45) is 17.2 Å². The van der Waals surface area contributed by atoms with Crippen LogP contribution < -0.4 is 33.3 Å². The Morgan fingerprint density at radius 3 is 2.30 bits per heavy atom. The van der Waals surface area contributed by atoms with Gasteiger partial charge in [0.1, 0.15) is 0 Å². The second-order valence-electron chi connectivity index (χ2n) is 11.1. The van der Waals surface area contributed by atoms with Gasteiger partial charge in [0.25, 0.3) is 0 Å². The number of amides is 2. The molecule has 43 heavy (non-hydrogen) atoms. The number of carbonyl (C=O) groups is 3. The molecule has 1 aliphatic heterocycles. The minimum atomic E-state index is -4.47. The Kier molecular flexibility index (Phi) is 11.8. The molecule has 0 bridgehead atoms. The zero-order valence-corrected chi connectivity index (χ0v) is 25.3. The number of nitrogens with one attached hydrogen (secondary N) is 2. The van der Waals surface area contributed by atoms with Crippen LogP contribution in [0, 0.1) is 0 Å². The fraction of sp³-hybridized carbons (Fsp3) is 0.483. The summed E-state index contributed by atoms with van der Waals surface area (Å²) in [6.45, 7) is 6.13. The molecule has 0 unspecified atom stereocenters. The topological polar surface area (TPSA) is 163 Å². The van der Waals surface area contributed by atoms with Gasteiger partial charge in [-0.2, -0.15) is 13.2 Å². The quantitative estimate of drug-likeness (QED) is 0.157. The van der Waals surface area contributed by atoms with Gasteiger partial charge in [0.05, 0.1) is 29.3 Å². The summed E-state index contributed by atoms with van der Waals surface area (Å²) < 4.78 is 44.9. The van der Waals surface area contributed by atoms with Crippen LogP contribution in [0.4, 0.5) is 13.2 Å². The summed E-state index contributed by atoms with van der Waals surface area (Å²) in [7, 11) is 0. The van der Waals surface area contributed by atoms with E-state index in [0.29, 0.717) is 4.90 Å². The molecule has 0 radical (unpaired) electrons. The molecule has 0 saturated heterocycles. The Balaban J connectivity index is 1.71. The van der Waals surface area contributed by atoms with Crippen LogP contribution in [-0.2, 0) is 37.2 Å². The van der Waals surface area contributed by atoms with Gasteiger partial charge in [-0.25, -0.2) is 0 Å². The first-order valence-corrected chi connectivity index (χ1v) is 15.0. The van der Waals surface area contributed by atoms with Gasteiger partial charge in [-0.1, -0.05) is 25.0 Å². The van der Waals surface area contributed by atoms with Crippen LogP contribution in [0.15, 0.2) is 47.4 Å². The fourth-order valence-corrected chi connectivity index (χ4v) is 5.78. The van der Waals surface area contributed by atoms with E-state index in [4.69, 9.17) is 21.9 Å². The molecule has 0 spiro atoms. The summed E-state index contributed by atoms with van der Waals surface area (Å²) in [4.78, 5) is 39.2. The number of hydrogen-bond donors (Lipinski definition) is 5. The number of thioether (sulfide) groups is 1. The van der Waals surface area contributed by atoms with Crippen LogP contribution in [-0.4, -0.2) is 61.5 Å². The maximum Gasteiger partial charge on any atom is 0.416 e. The number of halogens is 3. The third-order valence-electron chi connectivity index (χ3n) is 7.31. The Bertz CT molecular complexity index is 1290. The van der Waals surface area contributed by atoms with Gasteiger partial charge >= 0.3 is 13.1 Å². The van der Waals surface area contributed by atoms with E-state index in [1.54, 1.807) is 0 Å². The van der Waals surface area contributed by atoms with Gasteiger partial charge in [0.15, 0.2) is 5.78 Å². The lowest BCUT2D eigenvalue weighted by Gasteiger charge is -2.22. The van der Waals surface area contributed by atoms with Crippen molar-refractivity contribution in [1.82, 2.24) is 10.6 Å². The van der Waals surface area contributed by atoms with E-state index in [2.05, 4.69) is 10.6 Å². The van der Waals surface area contributed by atoms with Gasteiger partial charge in [-0.05, 0) is 61.1 Å². The molecule has 0 saturated carbocycles. The van der Waals surface area contributed by atoms with E-state index in [9.17, 15) is 27.6 Å². The average Bonchev–Trinajstić information content (AvgIpc) is 3.18. The lowest BCUT2D eigenvalue weighted by molar-refractivity contribution is -0.137. The Morgan fingerprint density at radius 2 is 1.70 bits per heavy atom. The van der Waals surface area contributed by atoms with Crippen molar-refractivity contribution in [1.29, 1.82) is 0 Å². The lowest BCUT2D eigenvalue weighted by atomic mass is 9.64. The van der Waals surface area contributed by atoms with Crippen molar-refractivity contribution < 1.29 is 32.2 Å². The molecule has 9 nitrogen and oxygen atoms in total. The van der Waals surface area contributed by atoms with Crippen LogP contribution in [0.5, 0.6) is 0 Å². The van der Waals surface area contributed by atoms with E-state index in [1.165, 1.54) is 12.1 Å². The first kappa shape index (κ1) is 34.6. The lowest BCUT2D eigenvalue weighted by Crippen LogP contribution is -2.50. The number of ketones is 1. The summed E-state index contributed by atoms with van der Waals surface area (Å²) in [5, 5.41) is 5.36. The first-order chi connectivity index (χ1) is 20.1. The molecule has 3 rings (SSSR count). The molecule has 14 heteroatoms. The summed E-state index contributed by atoms with van der Waals surface area (Å²) >= 11 is 1.14. The van der Waals surface area contributed by atoms with Crippen LogP contribution >= 0.6 is 11.8 Å². The van der Waals surface area contributed by atoms with Crippen molar-refractivity contribution >= 4 is 41.7 Å². The van der Waals surface area contributed by atoms with Crippen LogP contribution in [0.3, 0.4) is 0 Å². The minimum Gasteiger partial charge on any atom is -0.422 e. The van der Waals surface area contributed by atoms with Crippen molar-refractivity contribution in [3.63, 3.8) is 0 Å². The standard InChI is InChI=1S/C29H39BF3N5O4S/c1-28(2)21-12-17(4-9-22(21)30(3)42-28)13-25(39)24(16-43-20-7-5-18(6-8-20)29(31,32)33)38-27(41)23(36)10-11-26(40)37-19(14-34)15-35/h4-9,12,19,23-24H,10-11,13-16,34-36H2,1-3H3,(H,37,40)(H,38,41)/t23-,24+/m0/s1. The predicted octanol–water partition coefficient (Wildman–Crippen LogP) is 1.70. The second-order valence-corrected chi connectivity index (χ2v) is 12.2. The normalized spacial score (nSPS) is 15.6. The highest BCUT2D eigenvalue weighted by Crippen LogP contribution is 2.32. The molecule has 8 N–H and O–H groups in total. The van der Waals surface area contributed by atoms with Gasteiger partial charge < -0.3 is 32.5 Å². The number of fused-ring (bicyclic) bond motifs is 1. The zero-order chi connectivity index (χ0) is 31.9. The van der Waals surface area contributed by atoms with E-state index in [1.807, 2.05) is 38.9 Å². The third-order valence-corrected chi connectivity index (χ3v) is 8.42. The summed E-state index contributed by atoms with van der Waals surface area (Å²) in [6.07, 6.45) is -4.49. The number of nitrogens with two attached hydrogens (primary N) is 3. The Labute approximate surface area is 254 Å². The molecular weight excluding hydrogens is 582 g/mol. The van der Waals surface area contributed by atoms with Gasteiger partial charge in [-0.15, -0.1) is 11.8 Å². The largest absolute Gasteiger partial charge is 0.422 e. The minimum absolute atomic E-state index is 0.00741. The number of carbonyl (C=O) groups excluding carboxylic acids is 3. The van der Waals surface area contributed by atoms with Gasteiger partial charge in [0, 0.05) is 36.6 Å². The fourth-order valence-electron chi connectivity index (χ4n) is 4.83. The second kappa shape index (κ2) is 14.7. The number of alkyl halides is 3. The molecule has 2 atom stereocenters. The molecular formula is C29H39BF3N5O4S. The molecule has 2 amide bonds. The summed E-state index contributed by atoms with van der Waals surface area (Å²) in [5.74, 6) is -1.21. The summed E-state index contributed by atoms with van der Waals surface area (Å²) in [5.41, 5.74) is 18.6. The van der Waals surface area contributed by atoms with E-state index < -0.39 is 35.3 Å². The molecule has 0 aliphatic carbocycles. The third kappa shape index (κ3) is 9.54. The predicted molar refractivity (Wildman–Crippen MR) is 162 cm³/mol. The molecule has 0 fully saturated rings. The average molecular weight is 622 g/mol. The number of Topliss-reactive ketones (excluding diaryl/α,β-unsaturated/α-hetero) is 1. The van der Waals surface area contributed by atoms with Crippen molar-refractivity contribution in [2.75, 3.05) is 18.8 Å². The van der Waals surface area contributed by atoms with Crippen LogP contribution in [0.2, 0.25) is 6.82 Å². The Hall–Kier alpha value is -2.91. The van der Waals surface area contributed by atoms with Crippen molar-refractivity contribution in [3.8, 4) is 0 Å². The number of rotatable bonds is 14. The van der Waals surface area contributed by atoms with Gasteiger partial charge in [-0.3, -0.25) is 14.4 Å². The van der Waals surface area contributed by atoms with Crippen molar-refractivity contribution in [3.05, 3.63) is 59.2 Å². The molecule has 1 aliphatic rings. The maximum atomic E-state index is 13.5. The monoisotopic (exact) mass is 621 g/mol. The van der Waals surface area contributed by atoms with Crippen molar-refractivity contribution in [2.45, 2.75) is 74.7 Å². The van der Waals surface area contributed by atoms with E-state index in [0.717, 1.165) is 40.5 Å². The molecule has 0 aromatic heterocycles. The highest BCUT2D eigenvalue weighted by atomic mass is 32.2. The van der Waals surface area contributed by atoms with E-state index in [-0.39, 0.29) is 62.8 Å². The maximum absolute atomic E-state index is 13.5. The zero-order valence-electron chi connectivity index (χ0n) is 24.5. The van der Waals surface area contributed by atoms with Crippen LogP contribution in [0.25, 0.3) is 0 Å². The molecule has 2 aromatic rings. The molecule has 234 valence electrons. The summed E-state index contributed by atoms with van der Waals surface area (Å²) in [6, 6.07) is 7.83. The highest BCUT2D eigenvalue weighted by molar-refractivity contribution is 7.99. The SMILES string of the molecule is CB1OC(C)(C)c2cc(CC(=O)[C@@H](CSc3ccc(C(F)(F)F)cc3)NC(=O)[C@@H](N)CCC(=O)NC(CN)CN)ccc21. The highest BCUT2D eigenvalue weighted by Gasteiger charge is 2.38. The van der Waals surface area contributed by atoms with E-state index >= 15 is 0 Å². The molecule has 2 aromatic carbocycles. The number of benzene rings is 2. The van der Waals surface area contributed by atoms with Gasteiger partial charge in [0.2, 0.25) is 11.8 Å². The number of hydrogen-bond acceptors (Lipinski definition) is 8. The van der Waals surface area contributed by atoms with Crippen LogP contribution in [0.1, 0.15) is 43.4 Å².